The number of ether oxygens (including phenoxy) is 2. The van der Waals surface area contributed by atoms with Gasteiger partial charge in [-0.15, -0.1) is 0 Å². The Morgan fingerprint density at radius 3 is 3.00 bits per heavy atom. The van der Waals surface area contributed by atoms with Gasteiger partial charge in [0.05, 0.1) is 10.7 Å². The first-order valence-electron chi connectivity index (χ1n) is 5.96. The number of hydrogen-bond acceptors (Lipinski definition) is 4. The van der Waals surface area contributed by atoms with Crippen LogP contribution in [0, 0.1) is 6.92 Å². The van der Waals surface area contributed by atoms with Gasteiger partial charge in [-0.2, -0.15) is 0 Å². The van der Waals surface area contributed by atoms with Crippen molar-refractivity contribution in [3.05, 3.63) is 46.7 Å². The van der Waals surface area contributed by atoms with Crippen LogP contribution in [-0.2, 0) is 6.54 Å². The van der Waals surface area contributed by atoms with E-state index in [1.165, 1.54) is 0 Å². The van der Waals surface area contributed by atoms with E-state index >= 15 is 0 Å². The van der Waals surface area contributed by atoms with Crippen LogP contribution in [0.4, 0.5) is 5.69 Å². The maximum absolute atomic E-state index is 6.14. The molecule has 1 aliphatic rings. The monoisotopic (exact) mass is 276 g/mol. The standard InChI is InChI=1S/C14H13ClN2O2/c1-9-2-11(7-16-5-9)17-6-10-3-12(15)14-13(4-10)18-8-19-14/h2-5,7,17H,6,8H2,1H3. The van der Waals surface area contributed by atoms with Crippen LogP contribution in [0.15, 0.2) is 30.6 Å². The van der Waals surface area contributed by atoms with Crippen LogP contribution in [0.25, 0.3) is 0 Å². The molecule has 19 heavy (non-hydrogen) atoms. The zero-order chi connectivity index (χ0) is 13.2. The van der Waals surface area contributed by atoms with Gasteiger partial charge in [-0.25, -0.2) is 0 Å². The fourth-order valence-electron chi connectivity index (χ4n) is 1.98. The van der Waals surface area contributed by atoms with E-state index in [2.05, 4.69) is 10.3 Å². The number of fused-ring (bicyclic) bond motifs is 1. The van der Waals surface area contributed by atoms with E-state index in [1.807, 2.05) is 31.3 Å². The summed E-state index contributed by atoms with van der Waals surface area (Å²) in [6, 6.07) is 5.86. The van der Waals surface area contributed by atoms with Gasteiger partial charge in [-0.05, 0) is 36.2 Å². The molecule has 98 valence electrons. The van der Waals surface area contributed by atoms with Crippen molar-refractivity contribution in [3.8, 4) is 11.5 Å². The molecule has 0 radical (unpaired) electrons. The molecule has 0 spiro atoms. The molecular weight excluding hydrogens is 264 g/mol. The van der Waals surface area contributed by atoms with Gasteiger partial charge in [-0.1, -0.05) is 11.6 Å². The Morgan fingerprint density at radius 1 is 1.26 bits per heavy atom. The number of benzene rings is 1. The lowest BCUT2D eigenvalue weighted by molar-refractivity contribution is 0.174. The number of halogens is 1. The Hall–Kier alpha value is -1.94. The topological polar surface area (TPSA) is 43.4 Å². The number of anilines is 1. The molecule has 1 aliphatic heterocycles. The molecule has 0 saturated heterocycles. The SMILES string of the molecule is Cc1cncc(NCc2cc(Cl)c3c(c2)OCO3)c1. The first-order chi connectivity index (χ1) is 9.22. The third-order valence-electron chi connectivity index (χ3n) is 2.86. The van der Waals surface area contributed by atoms with Crippen LogP contribution in [0.5, 0.6) is 11.5 Å². The van der Waals surface area contributed by atoms with Crippen LogP contribution in [0.3, 0.4) is 0 Å². The maximum Gasteiger partial charge on any atom is 0.231 e. The highest BCUT2D eigenvalue weighted by atomic mass is 35.5. The predicted molar refractivity (Wildman–Crippen MR) is 73.9 cm³/mol. The minimum Gasteiger partial charge on any atom is -0.454 e. The Kier molecular flexibility index (Phi) is 3.17. The van der Waals surface area contributed by atoms with Gasteiger partial charge in [0, 0.05) is 18.9 Å². The van der Waals surface area contributed by atoms with E-state index < -0.39 is 0 Å². The van der Waals surface area contributed by atoms with E-state index in [4.69, 9.17) is 21.1 Å². The summed E-state index contributed by atoms with van der Waals surface area (Å²) < 4.78 is 10.6. The lowest BCUT2D eigenvalue weighted by Crippen LogP contribution is -2.00. The highest BCUT2D eigenvalue weighted by Gasteiger charge is 2.18. The summed E-state index contributed by atoms with van der Waals surface area (Å²) in [5, 5.41) is 3.88. The summed E-state index contributed by atoms with van der Waals surface area (Å²) in [5.74, 6) is 1.33. The number of aromatic nitrogens is 1. The molecule has 2 heterocycles. The molecule has 0 aliphatic carbocycles. The van der Waals surface area contributed by atoms with E-state index in [0.29, 0.717) is 23.1 Å². The maximum atomic E-state index is 6.14. The Labute approximate surface area is 116 Å². The van der Waals surface area contributed by atoms with Crippen molar-refractivity contribution in [1.29, 1.82) is 0 Å². The quantitative estimate of drug-likeness (QED) is 0.933. The minimum atomic E-state index is 0.230. The number of rotatable bonds is 3. The second-order valence-corrected chi connectivity index (χ2v) is 4.82. The van der Waals surface area contributed by atoms with Crippen molar-refractivity contribution in [2.45, 2.75) is 13.5 Å². The van der Waals surface area contributed by atoms with Gasteiger partial charge in [0.1, 0.15) is 0 Å². The number of nitrogens with zero attached hydrogens (tertiary/aromatic N) is 1. The van der Waals surface area contributed by atoms with Crippen molar-refractivity contribution in [1.82, 2.24) is 4.98 Å². The molecule has 0 atom stereocenters. The number of hydrogen-bond donors (Lipinski definition) is 1. The second kappa shape index (κ2) is 4.97. The Morgan fingerprint density at radius 2 is 2.16 bits per heavy atom. The van der Waals surface area contributed by atoms with Gasteiger partial charge in [0.25, 0.3) is 0 Å². The van der Waals surface area contributed by atoms with Crippen molar-refractivity contribution in [2.75, 3.05) is 12.1 Å². The second-order valence-electron chi connectivity index (χ2n) is 4.42. The molecule has 3 rings (SSSR count). The largest absolute Gasteiger partial charge is 0.454 e. The molecule has 0 saturated carbocycles. The fraction of sp³-hybridized carbons (Fsp3) is 0.214. The van der Waals surface area contributed by atoms with Gasteiger partial charge in [0.2, 0.25) is 6.79 Å². The smallest absolute Gasteiger partial charge is 0.231 e. The van der Waals surface area contributed by atoms with Gasteiger partial charge < -0.3 is 14.8 Å². The normalized spacial score (nSPS) is 12.5. The Bertz CT molecular complexity index is 616. The first-order valence-corrected chi connectivity index (χ1v) is 6.34. The minimum absolute atomic E-state index is 0.230. The Balaban J connectivity index is 1.76. The van der Waals surface area contributed by atoms with Gasteiger partial charge in [-0.3, -0.25) is 4.98 Å². The summed E-state index contributed by atoms with van der Waals surface area (Å²) >= 11 is 6.14. The molecular formula is C14H13ClN2O2. The predicted octanol–water partition coefficient (Wildman–Crippen LogP) is 3.38. The lowest BCUT2D eigenvalue weighted by atomic mass is 10.2. The fourth-order valence-corrected chi connectivity index (χ4v) is 2.27. The molecule has 0 amide bonds. The number of pyridine rings is 1. The molecule has 0 bridgehead atoms. The van der Waals surface area contributed by atoms with Gasteiger partial charge >= 0.3 is 0 Å². The van der Waals surface area contributed by atoms with Crippen molar-refractivity contribution < 1.29 is 9.47 Å². The molecule has 1 aromatic heterocycles. The average Bonchev–Trinajstić information content (AvgIpc) is 2.85. The van der Waals surface area contributed by atoms with Gasteiger partial charge in [0.15, 0.2) is 11.5 Å². The number of nitrogens with one attached hydrogen (secondary N) is 1. The third kappa shape index (κ3) is 2.58. The van der Waals surface area contributed by atoms with E-state index in [1.54, 1.807) is 6.20 Å². The summed E-state index contributed by atoms with van der Waals surface area (Å²) in [6.45, 7) is 2.89. The molecule has 2 aromatic rings. The molecule has 5 heteroatoms. The summed E-state index contributed by atoms with van der Waals surface area (Å²) in [5.41, 5.74) is 3.14. The highest BCUT2D eigenvalue weighted by Crippen LogP contribution is 2.39. The summed E-state index contributed by atoms with van der Waals surface area (Å²) in [7, 11) is 0. The molecule has 4 nitrogen and oxygen atoms in total. The van der Waals surface area contributed by atoms with E-state index in [-0.39, 0.29) is 6.79 Å². The lowest BCUT2D eigenvalue weighted by Gasteiger charge is -2.08. The average molecular weight is 277 g/mol. The van der Waals surface area contributed by atoms with Crippen molar-refractivity contribution in [2.24, 2.45) is 0 Å². The summed E-state index contributed by atoms with van der Waals surface area (Å²) in [6.07, 6.45) is 3.62. The van der Waals surface area contributed by atoms with Crippen molar-refractivity contribution in [3.63, 3.8) is 0 Å². The summed E-state index contributed by atoms with van der Waals surface area (Å²) in [4.78, 5) is 4.14. The molecule has 0 unspecified atom stereocenters. The first kappa shape index (κ1) is 12.1. The third-order valence-corrected chi connectivity index (χ3v) is 3.14. The van der Waals surface area contributed by atoms with Crippen LogP contribution in [0.1, 0.15) is 11.1 Å². The molecule has 1 aromatic carbocycles. The molecule has 0 fully saturated rings. The zero-order valence-electron chi connectivity index (χ0n) is 10.4. The van der Waals surface area contributed by atoms with Crippen LogP contribution in [0.2, 0.25) is 5.02 Å². The van der Waals surface area contributed by atoms with E-state index in [0.717, 1.165) is 16.8 Å². The van der Waals surface area contributed by atoms with Crippen LogP contribution in [-0.4, -0.2) is 11.8 Å². The van der Waals surface area contributed by atoms with Crippen LogP contribution >= 0.6 is 11.6 Å². The van der Waals surface area contributed by atoms with Crippen molar-refractivity contribution >= 4 is 17.3 Å². The van der Waals surface area contributed by atoms with E-state index in [9.17, 15) is 0 Å². The number of aryl methyl sites for hydroxylation is 1. The zero-order valence-corrected chi connectivity index (χ0v) is 11.2. The highest BCUT2D eigenvalue weighted by molar-refractivity contribution is 6.32. The molecule has 1 N–H and O–H groups in total. The van der Waals surface area contributed by atoms with Crippen LogP contribution < -0.4 is 14.8 Å².